The highest BCUT2D eigenvalue weighted by atomic mass is 16.2. The van der Waals surface area contributed by atoms with Gasteiger partial charge in [0.2, 0.25) is 5.91 Å². The van der Waals surface area contributed by atoms with E-state index >= 15 is 0 Å². The SMILES string of the molecule is C=CC(=O)c1ccc(CC2Cc3c(C)cccc3N(Cc3ccc(C#N)cc3)C2=O)cc1. The number of rotatable bonds is 6. The van der Waals surface area contributed by atoms with E-state index in [0.717, 1.165) is 16.8 Å². The maximum Gasteiger partial charge on any atom is 0.231 e. The van der Waals surface area contributed by atoms with Crippen LogP contribution in [0, 0.1) is 24.2 Å². The molecule has 1 amide bonds. The molecule has 0 aromatic heterocycles. The molecule has 0 fully saturated rings. The summed E-state index contributed by atoms with van der Waals surface area (Å²) in [5, 5.41) is 9.05. The van der Waals surface area contributed by atoms with E-state index in [4.69, 9.17) is 5.26 Å². The fourth-order valence-electron chi connectivity index (χ4n) is 4.28. The van der Waals surface area contributed by atoms with Gasteiger partial charge in [-0.3, -0.25) is 9.59 Å². The summed E-state index contributed by atoms with van der Waals surface area (Å²) in [6.07, 6.45) is 2.61. The van der Waals surface area contributed by atoms with Crippen molar-refractivity contribution in [3.63, 3.8) is 0 Å². The highest BCUT2D eigenvalue weighted by Gasteiger charge is 2.33. The van der Waals surface area contributed by atoms with Gasteiger partial charge in [0.15, 0.2) is 5.78 Å². The first-order valence-corrected chi connectivity index (χ1v) is 10.6. The summed E-state index contributed by atoms with van der Waals surface area (Å²) < 4.78 is 0. The van der Waals surface area contributed by atoms with Crippen LogP contribution in [-0.2, 0) is 24.2 Å². The number of benzene rings is 3. The highest BCUT2D eigenvalue weighted by Crippen LogP contribution is 2.35. The highest BCUT2D eigenvalue weighted by molar-refractivity contribution is 6.04. The minimum atomic E-state index is -0.178. The van der Waals surface area contributed by atoms with Gasteiger partial charge in [0.25, 0.3) is 0 Å². The summed E-state index contributed by atoms with van der Waals surface area (Å²) in [6.45, 7) is 6.08. The Morgan fingerprint density at radius 1 is 1.09 bits per heavy atom. The summed E-state index contributed by atoms with van der Waals surface area (Å²) >= 11 is 0. The van der Waals surface area contributed by atoms with Gasteiger partial charge in [-0.05, 0) is 66.3 Å². The van der Waals surface area contributed by atoms with Crippen molar-refractivity contribution < 1.29 is 9.59 Å². The average Bonchev–Trinajstić information content (AvgIpc) is 2.82. The van der Waals surface area contributed by atoms with Crippen molar-refractivity contribution in [2.45, 2.75) is 26.3 Å². The van der Waals surface area contributed by atoms with E-state index in [1.165, 1.54) is 17.2 Å². The molecule has 0 spiro atoms. The fourth-order valence-corrected chi connectivity index (χ4v) is 4.28. The number of ketones is 1. The van der Waals surface area contributed by atoms with E-state index in [2.05, 4.69) is 25.6 Å². The lowest BCUT2D eigenvalue weighted by molar-refractivity contribution is -0.122. The number of nitriles is 1. The molecule has 1 aliphatic rings. The predicted octanol–water partition coefficient (Wildman–Crippen LogP) is 5.18. The number of nitrogens with zero attached hydrogens (tertiary/aromatic N) is 2. The summed E-state index contributed by atoms with van der Waals surface area (Å²) in [4.78, 5) is 27.2. The minimum Gasteiger partial charge on any atom is -0.307 e. The van der Waals surface area contributed by atoms with Crippen LogP contribution in [0.1, 0.15) is 38.2 Å². The number of carbonyl (C=O) groups excluding carboxylic acids is 2. The average molecular weight is 421 g/mol. The molecule has 1 atom stereocenters. The van der Waals surface area contributed by atoms with Gasteiger partial charge >= 0.3 is 0 Å². The summed E-state index contributed by atoms with van der Waals surface area (Å²) in [5.41, 5.74) is 6.55. The van der Waals surface area contributed by atoms with Crippen LogP contribution in [0.15, 0.2) is 79.4 Å². The molecule has 158 valence electrons. The fraction of sp³-hybridized carbons (Fsp3) is 0.179. The van der Waals surface area contributed by atoms with Crippen molar-refractivity contribution in [2.24, 2.45) is 5.92 Å². The molecule has 1 aliphatic heterocycles. The summed E-state index contributed by atoms with van der Waals surface area (Å²) in [6, 6.07) is 23.0. The second kappa shape index (κ2) is 9.03. The number of fused-ring (bicyclic) bond motifs is 1. The zero-order valence-corrected chi connectivity index (χ0v) is 18.0. The summed E-state index contributed by atoms with van der Waals surface area (Å²) in [5.74, 6) is -0.190. The quantitative estimate of drug-likeness (QED) is 0.408. The molecule has 0 saturated heterocycles. The molecule has 1 heterocycles. The van der Waals surface area contributed by atoms with E-state index in [0.29, 0.717) is 30.5 Å². The number of amides is 1. The number of anilines is 1. The van der Waals surface area contributed by atoms with E-state index in [1.807, 2.05) is 41.3 Å². The van der Waals surface area contributed by atoms with Crippen molar-refractivity contribution in [1.82, 2.24) is 0 Å². The van der Waals surface area contributed by atoms with Crippen molar-refractivity contribution >= 4 is 17.4 Å². The summed E-state index contributed by atoms with van der Waals surface area (Å²) in [7, 11) is 0. The van der Waals surface area contributed by atoms with Gasteiger partial charge in [-0.1, -0.05) is 55.1 Å². The van der Waals surface area contributed by atoms with Crippen molar-refractivity contribution in [3.05, 3.63) is 113 Å². The third-order valence-electron chi connectivity index (χ3n) is 6.07. The normalized spacial score (nSPS) is 15.1. The molecular formula is C28H24N2O2. The van der Waals surface area contributed by atoms with Gasteiger partial charge in [-0.2, -0.15) is 5.26 Å². The van der Waals surface area contributed by atoms with Gasteiger partial charge in [-0.15, -0.1) is 0 Å². The number of carbonyl (C=O) groups is 2. The predicted molar refractivity (Wildman–Crippen MR) is 125 cm³/mol. The first-order valence-electron chi connectivity index (χ1n) is 10.6. The first-order chi connectivity index (χ1) is 15.5. The molecular weight excluding hydrogens is 396 g/mol. The van der Waals surface area contributed by atoms with Gasteiger partial charge in [0.1, 0.15) is 0 Å². The Morgan fingerprint density at radius 3 is 2.44 bits per heavy atom. The van der Waals surface area contributed by atoms with Crippen LogP contribution >= 0.6 is 0 Å². The lowest BCUT2D eigenvalue weighted by Crippen LogP contribution is -2.42. The number of allylic oxidation sites excluding steroid dienone is 1. The largest absolute Gasteiger partial charge is 0.307 e. The number of hydrogen-bond acceptors (Lipinski definition) is 3. The third-order valence-corrected chi connectivity index (χ3v) is 6.07. The first kappa shape index (κ1) is 21.3. The van der Waals surface area contributed by atoms with Crippen LogP contribution in [-0.4, -0.2) is 11.7 Å². The number of aryl methyl sites for hydroxylation is 1. The molecule has 3 aromatic rings. The van der Waals surface area contributed by atoms with E-state index in [1.54, 1.807) is 24.3 Å². The zero-order valence-electron chi connectivity index (χ0n) is 18.0. The van der Waals surface area contributed by atoms with E-state index < -0.39 is 0 Å². The standard InChI is InChI=1S/C28H24N2O2/c1-3-27(31)23-13-11-20(12-14-23)15-24-16-25-19(2)5-4-6-26(25)30(28(24)32)18-22-9-7-21(17-29)8-10-22/h3-14,24H,1,15-16,18H2,2H3. The van der Waals surface area contributed by atoms with Crippen molar-refractivity contribution in [1.29, 1.82) is 5.26 Å². The Morgan fingerprint density at radius 2 is 1.78 bits per heavy atom. The van der Waals surface area contributed by atoms with Gasteiger partial charge < -0.3 is 4.90 Å². The Kier molecular flexibility index (Phi) is 6.00. The van der Waals surface area contributed by atoms with Gasteiger partial charge in [0.05, 0.1) is 18.2 Å². The van der Waals surface area contributed by atoms with Crippen LogP contribution in [0.2, 0.25) is 0 Å². The van der Waals surface area contributed by atoms with E-state index in [-0.39, 0.29) is 17.6 Å². The molecule has 0 N–H and O–H groups in total. The van der Waals surface area contributed by atoms with Crippen LogP contribution in [0.25, 0.3) is 0 Å². The number of hydrogen-bond donors (Lipinski definition) is 0. The van der Waals surface area contributed by atoms with Crippen LogP contribution in [0.4, 0.5) is 5.69 Å². The Hall–Kier alpha value is -3.97. The van der Waals surface area contributed by atoms with Crippen molar-refractivity contribution in [3.8, 4) is 6.07 Å². The maximum absolute atomic E-state index is 13.6. The molecule has 4 rings (SSSR count). The Bertz CT molecular complexity index is 1220. The molecule has 0 radical (unpaired) electrons. The lowest BCUT2D eigenvalue weighted by atomic mass is 9.84. The lowest BCUT2D eigenvalue weighted by Gasteiger charge is -2.35. The molecule has 3 aromatic carbocycles. The smallest absolute Gasteiger partial charge is 0.231 e. The third kappa shape index (κ3) is 4.24. The van der Waals surface area contributed by atoms with Crippen LogP contribution in [0.5, 0.6) is 0 Å². The van der Waals surface area contributed by atoms with Crippen LogP contribution in [0.3, 0.4) is 0 Å². The van der Waals surface area contributed by atoms with Crippen molar-refractivity contribution in [2.75, 3.05) is 4.90 Å². The second-order valence-corrected chi connectivity index (χ2v) is 8.18. The zero-order chi connectivity index (χ0) is 22.7. The van der Waals surface area contributed by atoms with Crippen LogP contribution < -0.4 is 4.90 Å². The molecule has 32 heavy (non-hydrogen) atoms. The molecule has 4 heteroatoms. The minimum absolute atomic E-state index is 0.0960. The van der Waals surface area contributed by atoms with Gasteiger partial charge in [0, 0.05) is 17.2 Å². The second-order valence-electron chi connectivity index (χ2n) is 8.18. The topological polar surface area (TPSA) is 61.2 Å². The van der Waals surface area contributed by atoms with Gasteiger partial charge in [-0.25, -0.2) is 0 Å². The molecule has 4 nitrogen and oxygen atoms in total. The Labute approximate surface area is 188 Å². The monoisotopic (exact) mass is 420 g/mol. The maximum atomic E-state index is 13.6. The Balaban J connectivity index is 1.62. The molecule has 0 bridgehead atoms. The molecule has 0 saturated carbocycles. The molecule has 1 unspecified atom stereocenters. The van der Waals surface area contributed by atoms with E-state index in [9.17, 15) is 9.59 Å². The molecule has 0 aliphatic carbocycles.